The second-order valence-corrected chi connectivity index (χ2v) is 6.13. The Kier molecular flexibility index (Phi) is 6.47. The van der Waals surface area contributed by atoms with Crippen LogP contribution in [-0.2, 0) is 11.3 Å². The molecule has 3 rings (SSSR count). The topological polar surface area (TPSA) is 94.5 Å². The molecule has 8 heteroatoms. The summed E-state index contributed by atoms with van der Waals surface area (Å²) in [5.74, 6) is 0.275. The average molecular weight is 394 g/mol. The van der Waals surface area contributed by atoms with E-state index in [-0.39, 0.29) is 18.4 Å². The molecule has 0 saturated heterocycles. The molecule has 1 heterocycles. The number of aromatic nitrogens is 2. The van der Waals surface area contributed by atoms with Crippen LogP contribution in [0, 0.1) is 0 Å². The molecule has 0 aliphatic rings. The predicted molar refractivity (Wildman–Crippen MR) is 107 cm³/mol. The minimum absolute atomic E-state index is 0.132. The third-order valence-corrected chi connectivity index (χ3v) is 4.22. The van der Waals surface area contributed by atoms with Crippen LogP contribution in [-0.4, -0.2) is 42.4 Å². The van der Waals surface area contributed by atoms with Crippen LogP contribution in [0.15, 0.2) is 60.9 Å². The molecule has 0 bridgehead atoms. The Morgan fingerprint density at radius 3 is 2.55 bits per heavy atom. The maximum atomic E-state index is 12.5. The van der Waals surface area contributed by atoms with E-state index < -0.39 is 0 Å². The van der Waals surface area contributed by atoms with Crippen molar-refractivity contribution in [3.05, 3.63) is 72.1 Å². The summed E-state index contributed by atoms with van der Waals surface area (Å²) in [5, 5.41) is 9.53. The lowest BCUT2D eigenvalue weighted by Gasteiger charge is -2.12. The van der Waals surface area contributed by atoms with Crippen molar-refractivity contribution in [2.45, 2.75) is 6.54 Å². The molecule has 150 valence electrons. The number of likely N-dealkylation sites (N-methyl/N-ethyl adjacent to an activating group) is 1. The summed E-state index contributed by atoms with van der Waals surface area (Å²) in [7, 11) is 3.01. The highest BCUT2D eigenvalue weighted by Crippen LogP contribution is 2.28. The number of hydrogen-bond acceptors (Lipinski definition) is 5. The number of amides is 2. The van der Waals surface area contributed by atoms with Gasteiger partial charge in [-0.05, 0) is 42.0 Å². The van der Waals surface area contributed by atoms with E-state index in [0.29, 0.717) is 23.6 Å². The van der Waals surface area contributed by atoms with Crippen molar-refractivity contribution in [3.8, 4) is 17.2 Å². The first-order valence-corrected chi connectivity index (χ1v) is 8.99. The van der Waals surface area contributed by atoms with Crippen LogP contribution in [0.2, 0.25) is 0 Å². The van der Waals surface area contributed by atoms with E-state index in [2.05, 4.69) is 15.7 Å². The molecule has 2 aromatic carbocycles. The van der Waals surface area contributed by atoms with Gasteiger partial charge in [-0.1, -0.05) is 12.1 Å². The standard InChI is InChI=1S/C21H22N4O4/c1-22-20(26)14-29-18-9-6-16(12-19(18)28-2)21(27)23-13-15-4-7-17(8-5-15)25-11-3-10-24-25/h3-12H,13-14H2,1-2H3,(H,22,26)(H,23,27). The summed E-state index contributed by atoms with van der Waals surface area (Å²) in [5.41, 5.74) is 2.34. The van der Waals surface area contributed by atoms with Crippen LogP contribution in [0.3, 0.4) is 0 Å². The number of rotatable bonds is 8. The number of ether oxygens (including phenoxy) is 2. The number of nitrogens with zero attached hydrogens (tertiary/aromatic N) is 2. The molecule has 2 amide bonds. The van der Waals surface area contributed by atoms with Crippen LogP contribution in [0.4, 0.5) is 0 Å². The molecular formula is C21H22N4O4. The Balaban J connectivity index is 1.60. The summed E-state index contributed by atoms with van der Waals surface area (Å²) < 4.78 is 12.4. The van der Waals surface area contributed by atoms with E-state index in [1.165, 1.54) is 14.2 Å². The molecule has 3 aromatic rings. The molecule has 0 fully saturated rings. The van der Waals surface area contributed by atoms with E-state index in [1.807, 2.05) is 36.5 Å². The molecule has 0 unspecified atom stereocenters. The number of nitrogens with one attached hydrogen (secondary N) is 2. The van der Waals surface area contributed by atoms with Crippen molar-refractivity contribution >= 4 is 11.8 Å². The van der Waals surface area contributed by atoms with Crippen LogP contribution < -0.4 is 20.1 Å². The van der Waals surface area contributed by atoms with E-state index in [9.17, 15) is 9.59 Å². The SMILES string of the molecule is CNC(=O)COc1ccc(C(=O)NCc2ccc(-n3cccn3)cc2)cc1OC. The fourth-order valence-corrected chi connectivity index (χ4v) is 2.62. The van der Waals surface area contributed by atoms with Gasteiger partial charge < -0.3 is 20.1 Å². The highest BCUT2D eigenvalue weighted by Gasteiger charge is 2.12. The molecule has 29 heavy (non-hydrogen) atoms. The largest absolute Gasteiger partial charge is 0.493 e. The molecule has 0 saturated carbocycles. The Bertz CT molecular complexity index is 969. The Morgan fingerprint density at radius 1 is 1.10 bits per heavy atom. The van der Waals surface area contributed by atoms with Gasteiger partial charge in [0.15, 0.2) is 18.1 Å². The number of carbonyl (C=O) groups excluding carboxylic acids is 2. The fraction of sp³-hybridized carbons (Fsp3) is 0.190. The highest BCUT2D eigenvalue weighted by molar-refractivity contribution is 5.94. The van der Waals surface area contributed by atoms with Gasteiger partial charge in [0.1, 0.15) is 0 Å². The predicted octanol–water partition coefficient (Wildman–Crippen LogP) is 1.94. The van der Waals surface area contributed by atoms with Crippen molar-refractivity contribution < 1.29 is 19.1 Å². The van der Waals surface area contributed by atoms with Gasteiger partial charge in [-0.3, -0.25) is 9.59 Å². The van der Waals surface area contributed by atoms with E-state index >= 15 is 0 Å². The quantitative estimate of drug-likeness (QED) is 0.609. The zero-order valence-electron chi connectivity index (χ0n) is 16.2. The van der Waals surface area contributed by atoms with E-state index in [0.717, 1.165) is 11.3 Å². The molecule has 0 atom stereocenters. The Hall–Kier alpha value is -3.81. The molecule has 0 aliphatic carbocycles. The third-order valence-electron chi connectivity index (χ3n) is 4.22. The van der Waals surface area contributed by atoms with Crippen molar-refractivity contribution in [1.29, 1.82) is 0 Å². The van der Waals surface area contributed by atoms with Crippen molar-refractivity contribution in [2.75, 3.05) is 20.8 Å². The van der Waals surface area contributed by atoms with Crippen molar-refractivity contribution in [1.82, 2.24) is 20.4 Å². The Labute approximate surface area is 168 Å². The summed E-state index contributed by atoms with van der Waals surface area (Å²) >= 11 is 0. The number of hydrogen-bond donors (Lipinski definition) is 2. The second-order valence-electron chi connectivity index (χ2n) is 6.13. The van der Waals surface area contributed by atoms with Gasteiger partial charge in [0.2, 0.25) is 0 Å². The van der Waals surface area contributed by atoms with Crippen LogP contribution in [0.1, 0.15) is 15.9 Å². The lowest BCUT2D eigenvalue weighted by Crippen LogP contribution is -2.25. The Morgan fingerprint density at radius 2 is 1.90 bits per heavy atom. The molecule has 1 aromatic heterocycles. The zero-order chi connectivity index (χ0) is 20.6. The fourth-order valence-electron chi connectivity index (χ4n) is 2.62. The third kappa shape index (κ3) is 5.13. The van der Waals surface area contributed by atoms with E-state index in [1.54, 1.807) is 29.1 Å². The lowest BCUT2D eigenvalue weighted by molar-refractivity contribution is -0.122. The molecule has 0 aliphatic heterocycles. The second kappa shape index (κ2) is 9.41. The highest BCUT2D eigenvalue weighted by atomic mass is 16.5. The molecule has 8 nitrogen and oxygen atoms in total. The molecule has 2 N–H and O–H groups in total. The maximum Gasteiger partial charge on any atom is 0.257 e. The summed E-state index contributed by atoms with van der Waals surface area (Å²) in [6.07, 6.45) is 3.59. The summed E-state index contributed by atoms with van der Waals surface area (Å²) in [4.78, 5) is 23.8. The van der Waals surface area contributed by atoms with Gasteiger partial charge in [0.25, 0.3) is 11.8 Å². The molecule has 0 radical (unpaired) electrons. The van der Waals surface area contributed by atoms with Crippen molar-refractivity contribution in [2.24, 2.45) is 0 Å². The van der Waals surface area contributed by atoms with Crippen LogP contribution in [0.5, 0.6) is 11.5 Å². The number of benzene rings is 2. The van der Waals surface area contributed by atoms with Gasteiger partial charge in [-0.25, -0.2) is 4.68 Å². The monoisotopic (exact) mass is 394 g/mol. The number of carbonyl (C=O) groups is 2. The minimum atomic E-state index is -0.257. The lowest BCUT2D eigenvalue weighted by atomic mass is 10.1. The van der Waals surface area contributed by atoms with Gasteiger partial charge in [-0.15, -0.1) is 0 Å². The van der Waals surface area contributed by atoms with Gasteiger partial charge in [-0.2, -0.15) is 5.10 Å². The van der Waals surface area contributed by atoms with Gasteiger partial charge in [0.05, 0.1) is 12.8 Å². The van der Waals surface area contributed by atoms with Gasteiger partial charge >= 0.3 is 0 Å². The minimum Gasteiger partial charge on any atom is -0.493 e. The van der Waals surface area contributed by atoms with Gasteiger partial charge in [0, 0.05) is 31.5 Å². The maximum absolute atomic E-state index is 12.5. The first kappa shape index (κ1) is 19.9. The summed E-state index contributed by atoms with van der Waals surface area (Å²) in [6, 6.07) is 14.4. The number of methoxy groups -OCH3 is 1. The van der Waals surface area contributed by atoms with Crippen LogP contribution in [0.25, 0.3) is 5.69 Å². The average Bonchev–Trinajstić information content (AvgIpc) is 3.31. The van der Waals surface area contributed by atoms with Crippen molar-refractivity contribution in [3.63, 3.8) is 0 Å². The van der Waals surface area contributed by atoms with Crippen LogP contribution >= 0.6 is 0 Å². The molecule has 0 spiro atoms. The zero-order valence-corrected chi connectivity index (χ0v) is 16.2. The van der Waals surface area contributed by atoms with E-state index in [4.69, 9.17) is 9.47 Å². The normalized spacial score (nSPS) is 10.3. The first-order chi connectivity index (χ1) is 14.1. The first-order valence-electron chi connectivity index (χ1n) is 8.99. The summed E-state index contributed by atoms with van der Waals surface area (Å²) in [6.45, 7) is 0.252. The molecular weight excluding hydrogens is 372 g/mol. The smallest absolute Gasteiger partial charge is 0.257 e.